The molecule has 0 fully saturated rings. The van der Waals surface area contributed by atoms with Gasteiger partial charge < -0.3 is 25.0 Å². The predicted octanol–water partition coefficient (Wildman–Crippen LogP) is 1.91. The third-order valence-corrected chi connectivity index (χ3v) is 3.40. The van der Waals surface area contributed by atoms with Crippen LogP contribution in [0.4, 0.5) is 5.69 Å². The van der Waals surface area contributed by atoms with E-state index in [0.29, 0.717) is 29.4 Å². The summed E-state index contributed by atoms with van der Waals surface area (Å²) in [5.41, 5.74) is 1.88. The standard InChI is InChI=1S/C18H20N2O4/c1-23-17-7-14(9-19)16(20-10-15(22)11-21)8-18(17)24-12-13-5-3-2-4-6-13/h2-8,15,20-22H,10-12H2,1H3. The number of anilines is 1. The number of nitrogens with one attached hydrogen (secondary N) is 1. The fourth-order valence-electron chi connectivity index (χ4n) is 2.10. The Balaban J connectivity index is 2.20. The Morgan fingerprint density at radius 1 is 1.21 bits per heavy atom. The van der Waals surface area contributed by atoms with E-state index < -0.39 is 6.10 Å². The highest BCUT2D eigenvalue weighted by molar-refractivity contribution is 5.65. The molecule has 0 amide bonds. The lowest BCUT2D eigenvalue weighted by atomic mass is 10.1. The van der Waals surface area contributed by atoms with Crippen molar-refractivity contribution in [3.05, 3.63) is 53.6 Å². The van der Waals surface area contributed by atoms with Crippen molar-refractivity contribution in [2.45, 2.75) is 12.7 Å². The van der Waals surface area contributed by atoms with Crippen molar-refractivity contribution in [3.8, 4) is 17.6 Å². The van der Waals surface area contributed by atoms with Gasteiger partial charge in [-0.25, -0.2) is 0 Å². The summed E-state index contributed by atoms with van der Waals surface area (Å²) in [6, 6.07) is 15.0. The summed E-state index contributed by atoms with van der Waals surface area (Å²) in [5, 5.41) is 30.5. The first-order valence-corrected chi connectivity index (χ1v) is 7.49. The molecule has 1 unspecified atom stereocenters. The molecule has 0 bridgehead atoms. The Bertz CT molecular complexity index is 698. The molecule has 2 aromatic rings. The minimum Gasteiger partial charge on any atom is -0.493 e. The molecule has 6 heteroatoms. The number of aliphatic hydroxyl groups is 2. The summed E-state index contributed by atoms with van der Waals surface area (Å²) in [7, 11) is 1.51. The number of methoxy groups -OCH3 is 1. The molecule has 0 saturated carbocycles. The van der Waals surface area contributed by atoms with Crippen LogP contribution in [0.1, 0.15) is 11.1 Å². The maximum atomic E-state index is 9.45. The van der Waals surface area contributed by atoms with Crippen LogP contribution in [-0.4, -0.2) is 36.6 Å². The number of rotatable bonds is 8. The number of aliphatic hydroxyl groups excluding tert-OH is 2. The molecule has 6 nitrogen and oxygen atoms in total. The van der Waals surface area contributed by atoms with Crippen molar-refractivity contribution >= 4 is 5.69 Å². The van der Waals surface area contributed by atoms with E-state index in [9.17, 15) is 10.4 Å². The van der Waals surface area contributed by atoms with E-state index in [-0.39, 0.29) is 13.2 Å². The predicted molar refractivity (Wildman–Crippen MR) is 90.1 cm³/mol. The SMILES string of the molecule is COc1cc(C#N)c(NCC(O)CO)cc1OCc1ccccc1. The van der Waals surface area contributed by atoms with E-state index in [0.717, 1.165) is 5.56 Å². The van der Waals surface area contributed by atoms with Gasteiger partial charge in [-0.3, -0.25) is 0 Å². The normalized spacial score (nSPS) is 11.4. The Kier molecular flexibility index (Phi) is 6.43. The Morgan fingerprint density at radius 2 is 1.96 bits per heavy atom. The van der Waals surface area contributed by atoms with E-state index >= 15 is 0 Å². The number of hydrogen-bond acceptors (Lipinski definition) is 6. The molecule has 0 aliphatic rings. The first-order chi connectivity index (χ1) is 11.7. The number of nitrogens with zero attached hydrogens (tertiary/aromatic N) is 1. The highest BCUT2D eigenvalue weighted by Gasteiger charge is 2.13. The van der Waals surface area contributed by atoms with Crippen molar-refractivity contribution in [3.63, 3.8) is 0 Å². The van der Waals surface area contributed by atoms with Crippen LogP contribution >= 0.6 is 0 Å². The average Bonchev–Trinajstić information content (AvgIpc) is 2.64. The van der Waals surface area contributed by atoms with Crippen LogP contribution in [0.15, 0.2) is 42.5 Å². The molecule has 3 N–H and O–H groups in total. The van der Waals surface area contributed by atoms with Gasteiger partial charge in [0.05, 0.1) is 31.1 Å². The first kappa shape index (κ1) is 17.6. The van der Waals surface area contributed by atoms with Crippen LogP contribution in [-0.2, 0) is 6.61 Å². The topological polar surface area (TPSA) is 94.7 Å². The minimum atomic E-state index is -0.910. The lowest BCUT2D eigenvalue weighted by Gasteiger charge is -2.16. The molecule has 24 heavy (non-hydrogen) atoms. The molecule has 126 valence electrons. The van der Waals surface area contributed by atoms with E-state index in [2.05, 4.69) is 11.4 Å². The second-order valence-corrected chi connectivity index (χ2v) is 5.15. The van der Waals surface area contributed by atoms with Gasteiger partial charge in [0.2, 0.25) is 0 Å². The maximum Gasteiger partial charge on any atom is 0.163 e. The van der Waals surface area contributed by atoms with Crippen LogP contribution in [0.3, 0.4) is 0 Å². The van der Waals surface area contributed by atoms with Crippen molar-refractivity contribution < 1.29 is 19.7 Å². The summed E-state index contributed by atoms with van der Waals surface area (Å²) >= 11 is 0. The van der Waals surface area contributed by atoms with Gasteiger partial charge in [0, 0.05) is 18.7 Å². The van der Waals surface area contributed by atoms with E-state index in [4.69, 9.17) is 14.6 Å². The second-order valence-electron chi connectivity index (χ2n) is 5.15. The summed E-state index contributed by atoms with van der Waals surface area (Å²) in [5.74, 6) is 0.942. The zero-order valence-electron chi connectivity index (χ0n) is 13.4. The van der Waals surface area contributed by atoms with Crippen LogP contribution in [0.5, 0.6) is 11.5 Å². The maximum absolute atomic E-state index is 9.45. The van der Waals surface area contributed by atoms with Gasteiger partial charge in [-0.05, 0) is 5.56 Å². The van der Waals surface area contributed by atoms with Crippen molar-refractivity contribution in [2.24, 2.45) is 0 Å². The van der Waals surface area contributed by atoms with E-state index in [1.54, 1.807) is 12.1 Å². The molecule has 2 rings (SSSR count). The van der Waals surface area contributed by atoms with Gasteiger partial charge in [-0.2, -0.15) is 5.26 Å². The molecule has 0 aliphatic heterocycles. The van der Waals surface area contributed by atoms with E-state index in [1.807, 2.05) is 30.3 Å². The van der Waals surface area contributed by atoms with Crippen LogP contribution in [0, 0.1) is 11.3 Å². The number of nitriles is 1. The molecular formula is C18H20N2O4. The van der Waals surface area contributed by atoms with Gasteiger partial charge in [0.1, 0.15) is 12.7 Å². The van der Waals surface area contributed by atoms with Crippen molar-refractivity contribution in [2.75, 3.05) is 25.6 Å². The van der Waals surface area contributed by atoms with Gasteiger partial charge in [0.25, 0.3) is 0 Å². The molecule has 0 aromatic heterocycles. The summed E-state index contributed by atoms with van der Waals surface area (Å²) in [6.07, 6.45) is -0.910. The summed E-state index contributed by atoms with van der Waals surface area (Å²) in [6.45, 7) is 0.125. The number of benzene rings is 2. The minimum absolute atomic E-state index is 0.121. The molecular weight excluding hydrogens is 308 g/mol. The zero-order chi connectivity index (χ0) is 17.4. The summed E-state index contributed by atoms with van der Waals surface area (Å²) in [4.78, 5) is 0. The fourth-order valence-corrected chi connectivity index (χ4v) is 2.10. The van der Waals surface area contributed by atoms with Gasteiger partial charge >= 0.3 is 0 Å². The molecule has 0 heterocycles. The van der Waals surface area contributed by atoms with E-state index in [1.165, 1.54) is 7.11 Å². The lowest BCUT2D eigenvalue weighted by molar-refractivity contribution is 0.105. The third-order valence-electron chi connectivity index (χ3n) is 3.40. The highest BCUT2D eigenvalue weighted by Crippen LogP contribution is 2.33. The fraction of sp³-hybridized carbons (Fsp3) is 0.278. The van der Waals surface area contributed by atoms with Crippen LogP contribution < -0.4 is 14.8 Å². The molecule has 0 spiro atoms. The number of hydrogen-bond donors (Lipinski definition) is 3. The second kappa shape index (κ2) is 8.77. The molecule has 0 saturated heterocycles. The van der Waals surface area contributed by atoms with Gasteiger partial charge in [0.15, 0.2) is 11.5 Å². The van der Waals surface area contributed by atoms with Crippen LogP contribution in [0.25, 0.3) is 0 Å². The smallest absolute Gasteiger partial charge is 0.163 e. The molecule has 0 aliphatic carbocycles. The Labute approximate surface area is 140 Å². The van der Waals surface area contributed by atoms with Crippen molar-refractivity contribution in [1.29, 1.82) is 5.26 Å². The Morgan fingerprint density at radius 3 is 2.58 bits per heavy atom. The average molecular weight is 328 g/mol. The van der Waals surface area contributed by atoms with Gasteiger partial charge in [-0.1, -0.05) is 30.3 Å². The van der Waals surface area contributed by atoms with Crippen molar-refractivity contribution in [1.82, 2.24) is 0 Å². The lowest BCUT2D eigenvalue weighted by Crippen LogP contribution is -2.23. The van der Waals surface area contributed by atoms with Gasteiger partial charge in [-0.15, -0.1) is 0 Å². The number of ether oxygens (including phenoxy) is 2. The first-order valence-electron chi connectivity index (χ1n) is 7.49. The molecule has 2 aromatic carbocycles. The molecule has 0 radical (unpaired) electrons. The molecule has 1 atom stereocenters. The largest absolute Gasteiger partial charge is 0.493 e. The Hall–Kier alpha value is -2.75. The highest BCUT2D eigenvalue weighted by atomic mass is 16.5. The third kappa shape index (κ3) is 4.62. The summed E-state index contributed by atoms with van der Waals surface area (Å²) < 4.78 is 11.1. The zero-order valence-corrected chi connectivity index (χ0v) is 13.4. The monoisotopic (exact) mass is 328 g/mol. The quantitative estimate of drug-likeness (QED) is 0.685. The van der Waals surface area contributed by atoms with Crippen LogP contribution in [0.2, 0.25) is 0 Å².